The summed E-state index contributed by atoms with van der Waals surface area (Å²) in [5, 5.41) is 3.37. The second-order valence-electron chi connectivity index (χ2n) is 4.99. The highest BCUT2D eigenvalue weighted by Gasteiger charge is 2.39. The van der Waals surface area contributed by atoms with Crippen LogP contribution in [0.4, 0.5) is 0 Å². The van der Waals surface area contributed by atoms with Gasteiger partial charge in [-0.3, -0.25) is 5.32 Å². The molecule has 1 aromatic carbocycles. The summed E-state index contributed by atoms with van der Waals surface area (Å²) in [6.45, 7) is 3.56. The van der Waals surface area contributed by atoms with Gasteiger partial charge in [-0.1, -0.05) is 35.0 Å². The molecule has 0 bridgehead atoms. The number of nitrogens with one attached hydrogen (secondary N) is 1. The van der Waals surface area contributed by atoms with Crippen LogP contribution in [0.25, 0.3) is 0 Å². The predicted octanol–water partition coefficient (Wildman–Crippen LogP) is 2.38. The molecule has 0 aromatic heterocycles. The average Bonchev–Trinajstić information content (AvgIpc) is 2.44. The molecule has 1 atom stereocenters. The molecule has 0 amide bonds. The number of nitrogens with zero attached hydrogens (tertiary/aromatic N) is 1. The SMILES string of the molecule is CCC(NCCN(C)C)(C(=O)OC)c1ccc(Br)cc1. The topological polar surface area (TPSA) is 41.6 Å². The largest absolute Gasteiger partial charge is 0.467 e. The van der Waals surface area contributed by atoms with Crippen LogP contribution in [0.15, 0.2) is 28.7 Å². The van der Waals surface area contributed by atoms with Gasteiger partial charge in [-0.2, -0.15) is 0 Å². The fourth-order valence-corrected chi connectivity index (χ4v) is 2.43. The number of halogens is 1. The van der Waals surface area contributed by atoms with Crippen LogP contribution >= 0.6 is 15.9 Å². The Kier molecular flexibility index (Phi) is 6.65. The van der Waals surface area contributed by atoms with Gasteiger partial charge in [0.25, 0.3) is 0 Å². The van der Waals surface area contributed by atoms with Crippen molar-refractivity contribution < 1.29 is 9.53 Å². The van der Waals surface area contributed by atoms with E-state index in [0.29, 0.717) is 13.0 Å². The summed E-state index contributed by atoms with van der Waals surface area (Å²) in [6, 6.07) is 7.78. The molecule has 1 rings (SSSR count). The number of methoxy groups -OCH3 is 1. The third-order valence-electron chi connectivity index (χ3n) is 3.39. The summed E-state index contributed by atoms with van der Waals surface area (Å²) in [5.74, 6) is -0.249. The molecule has 4 nitrogen and oxygen atoms in total. The van der Waals surface area contributed by atoms with Crippen LogP contribution in [0, 0.1) is 0 Å². The van der Waals surface area contributed by atoms with Gasteiger partial charge in [0.05, 0.1) is 7.11 Å². The molecule has 0 aliphatic heterocycles. The highest BCUT2D eigenvalue weighted by atomic mass is 79.9. The van der Waals surface area contributed by atoms with Crippen molar-refractivity contribution >= 4 is 21.9 Å². The highest BCUT2D eigenvalue weighted by molar-refractivity contribution is 9.10. The average molecular weight is 343 g/mol. The lowest BCUT2D eigenvalue weighted by atomic mass is 9.87. The summed E-state index contributed by atoms with van der Waals surface area (Å²) >= 11 is 3.42. The third-order valence-corrected chi connectivity index (χ3v) is 3.92. The molecular formula is C15H23BrN2O2. The van der Waals surface area contributed by atoms with E-state index in [2.05, 4.69) is 26.1 Å². The number of benzene rings is 1. The van der Waals surface area contributed by atoms with E-state index in [1.807, 2.05) is 45.3 Å². The molecule has 1 aromatic rings. The van der Waals surface area contributed by atoms with E-state index in [9.17, 15) is 4.79 Å². The van der Waals surface area contributed by atoms with Crippen LogP contribution in [0.1, 0.15) is 18.9 Å². The van der Waals surface area contributed by atoms with Gasteiger partial charge in [0.2, 0.25) is 0 Å². The molecule has 1 unspecified atom stereocenters. The van der Waals surface area contributed by atoms with E-state index < -0.39 is 5.54 Å². The van der Waals surface area contributed by atoms with Crippen molar-refractivity contribution in [1.82, 2.24) is 10.2 Å². The van der Waals surface area contributed by atoms with Gasteiger partial charge >= 0.3 is 5.97 Å². The second kappa shape index (κ2) is 7.76. The first-order valence-corrected chi connectivity index (χ1v) is 7.49. The van der Waals surface area contributed by atoms with Gasteiger partial charge in [0, 0.05) is 17.6 Å². The Morgan fingerprint density at radius 2 is 1.95 bits per heavy atom. The maximum Gasteiger partial charge on any atom is 0.330 e. The molecule has 0 heterocycles. The minimum absolute atomic E-state index is 0.249. The fourth-order valence-electron chi connectivity index (χ4n) is 2.17. The molecule has 0 aliphatic rings. The number of likely N-dealkylation sites (N-methyl/N-ethyl adjacent to an activating group) is 1. The zero-order valence-corrected chi connectivity index (χ0v) is 14.2. The molecule has 112 valence electrons. The molecule has 1 N–H and O–H groups in total. The Hall–Kier alpha value is -0.910. The highest BCUT2D eigenvalue weighted by Crippen LogP contribution is 2.28. The summed E-state index contributed by atoms with van der Waals surface area (Å²) in [4.78, 5) is 14.4. The van der Waals surface area contributed by atoms with Crippen molar-refractivity contribution in [2.24, 2.45) is 0 Å². The van der Waals surface area contributed by atoms with E-state index in [0.717, 1.165) is 16.6 Å². The van der Waals surface area contributed by atoms with Crippen LogP contribution < -0.4 is 5.32 Å². The number of hydrogen-bond acceptors (Lipinski definition) is 4. The maximum absolute atomic E-state index is 12.3. The molecule has 0 saturated heterocycles. The lowest BCUT2D eigenvalue weighted by Gasteiger charge is -2.32. The number of carbonyl (C=O) groups excluding carboxylic acids is 1. The number of hydrogen-bond donors (Lipinski definition) is 1. The quantitative estimate of drug-likeness (QED) is 0.772. The van der Waals surface area contributed by atoms with Crippen molar-refractivity contribution in [3.8, 4) is 0 Å². The molecule has 5 heteroatoms. The summed E-state index contributed by atoms with van der Waals surface area (Å²) < 4.78 is 6.01. The zero-order valence-electron chi connectivity index (χ0n) is 12.6. The summed E-state index contributed by atoms with van der Waals surface area (Å²) in [5.41, 5.74) is 0.139. The van der Waals surface area contributed by atoms with Crippen LogP contribution in [0.3, 0.4) is 0 Å². The predicted molar refractivity (Wildman–Crippen MR) is 84.7 cm³/mol. The molecular weight excluding hydrogens is 320 g/mol. The second-order valence-corrected chi connectivity index (χ2v) is 5.90. The zero-order chi connectivity index (χ0) is 15.2. The van der Waals surface area contributed by atoms with Gasteiger partial charge in [0.1, 0.15) is 5.54 Å². The van der Waals surface area contributed by atoms with Crippen molar-refractivity contribution in [2.45, 2.75) is 18.9 Å². The molecule has 0 fully saturated rings. The summed E-state index contributed by atoms with van der Waals surface area (Å²) in [6.07, 6.45) is 0.634. The van der Waals surface area contributed by atoms with Gasteiger partial charge in [0.15, 0.2) is 0 Å². The van der Waals surface area contributed by atoms with Crippen LogP contribution in [-0.2, 0) is 15.1 Å². The van der Waals surface area contributed by atoms with E-state index in [-0.39, 0.29) is 5.97 Å². The first kappa shape index (κ1) is 17.1. The standard InChI is InChI=1S/C15H23BrN2O2/c1-5-15(14(19)20-4,17-10-11-18(2)3)12-6-8-13(16)9-7-12/h6-9,17H,5,10-11H2,1-4H3. The lowest BCUT2D eigenvalue weighted by Crippen LogP contribution is -2.51. The third kappa shape index (κ3) is 4.04. The lowest BCUT2D eigenvalue weighted by molar-refractivity contribution is -0.149. The van der Waals surface area contributed by atoms with Gasteiger partial charge in [-0.15, -0.1) is 0 Å². The molecule has 0 saturated carbocycles. The molecule has 0 aliphatic carbocycles. The minimum atomic E-state index is -0.786. The Bertz CT molecular complexity index is 434. The number of carbonyl (C=O) groups is 1. The number of ether oxygens (including phenoxy) is 1. The van der Waals surface area contributed by atoms with Crippen molar-refractivity contribution in [3.05, 3.63) is 34.3 Å². The van der Waals surface area contributed by atoms with E-state index in [1.54, 1.807) is 0 Å². The van der Waals surface area contributed by atoms with Gasteiger partial charge in [-0.25, -0.2) is 4.79 Å². The van der Waals surface area contributed by atoms with Gasteiger partial charge in [-0.05, 0) is 38.2 Å². The minimum Gasteiger partial charge on any atom is -0.467 e. The van der Waals surface area contributed by atoms with Crippen molar-refractivity contribution in [1.29, 1.82) is 0 Å². The first-order chi connectivity index (χ1) is 9.46. The Morgan fingerprint density at radius 1 is 1.35 bits per heavy atom. The fraction of sp³-hybridized carbons (Fsp3) is 0.533. The van der Waals surface area contributed by atoms with Crippen molar-refractivity contribution in [2.75, 3.05) is 34.3 Å². The molecule has 20 heavy (non-hydrogen) atoms. The first-order valence-electron chi connectivity index (χ1n) is 6.70. The molecule has 0 radical (unpaired) electrons. The maximum atomic E-state index is 12.3. The van der Waals surface area contributed by atoms with Gasteiger partial charge < -0.3 is 9.64 Å². The molecule has 0 spiro atoms. The van der Waals surface area contributed by atoms with Crippen LogP contribution in [0.5, 0.6) is 0 Å². The normalized spacial score (nSPS) is 14.1. The van der Waals surface area contributed by atoms with E-state index in [1.165, 1.54) is 7.11 Å². The monoisotopic (exact) mass is 342 g/mol. The Labute approximate surface area is 129 Å². The van der Waals surface area contributed by atoms with Crippen LogP contribution in [-0.4, -0.2) is 45.2 Å². The van der Waals surface area contributed by atoms with E-state index in [4.69, 9.17) is 4.74 Å². The Morgan fingerprint density at radius 3 is 2.40 bits per heavy atom. The summed E-state index contributed by atoms with van der Waals surface area (Å²) in [7, 11) is 5.44. The smallest absolute Gasteiger partial charge is 0.330 e. The van der Waals surface area contributed by atoms with Crippen LogP contribution in [0.2, 0.25) is 0 Å². The number of esters is 1. The van der Waals surface area contributed by atoms with Crippen molar-refractivity contribution in [3.63, 3.8) is 0 Å². The van der Waals surface area contributed by atoms with E-state index >= 15 is 0 Å². The number of rotatable bonds is 7. The Balaban J connectivity index is 3.04.